The number of benzene rings is 1. The lowest BCUT2D eigenvalue weighted by Crippen LogP contribution is -2.45. The first-order valence-corrected chi connectivity index (χ1v) is 10.0. The molecule has 0 radical (unpaired) electrons. The van der Waals surface area contributed by atoms with Gasteiger partial charge >= 0.3 is 0 Å². The molecule has 1 aliphatic rings. The first-order chi connectivity index (χ1) is 14.6. The van der Waals surface area contributed by atoms with Gasteiger partial charge < -0.3 is 27.2 Å². The molecule has 0 amide bonds. The monoisotopic (exact) mass is 409 g/mol. The van der Waals surface area contributed by atoms with Crippen LogP contribution in [0, 0.1) is 0 Å². The van der Waals surface area contributed by atoms with Gasteiger partial charge in [0.25, 0.3) is 0 Å². The molecule has 1 atom stereocenters. The van der Waals surface area contributed by atoms with Crippen LogP contribution in [0.1, 0.15) is 25.7 Å². The number of anilines is 4. The van der Waals surface area contributed by atoms with Gasteiger partial charge in [0.2, 0.25) is 5.95 Å². The largest absolute Gasteiger partial charge is 0.399 e. The minimum absolute atomic E-state index is 0.226. The van der Waals surface area contributed by atoms with E-state index in [1.54, 1.807) is 18.5 Å². The van der Waals surface area contributed by atoms with Crippen molar-refractivity contribution in [3.05, 3.63) is 42.7 Å². The summed E-state index contributed by atoms with van der Waals surface area (Å²) < 4.78 is 0. The van der Waals surface area contributed by atoms with E-state index in [4.69, 9.17) is 11.5 Å². The molecule has 1 saturated carbocycles. The number of hydrogen-bond donors (Lipinski definition) is 7. The highest BCUT2D eigenvalue weighted by Crippen LogP contribution is 2.24. The molecule has 0 saturated heterocycles. The predicted molar refractivity (Wildman–Crippen MR) is 117 cm³/mol. The molecule has 10 nitrogen and oxygen atoms in total. The molecule has 0 aliphatic heterocycles. The van der Waals surface area contributed by atoms with Gasteiger partial charge in [-0.25, -0.2) is 9.97 Å². The first kappa shape index (κ1) is 19.9. The third-order valence-electron chi connectivity index (χ3n) is 5.24. The maximum atomic E-state index is 10.3. The van der Waals surface area contributed by atoms with Crippen LogP contribution in [0.25, 0.3) is 11.3 Å². The van der Waals surface area contributed by atoms with Crippen LogP contribution in [0.2, 0.25) is 0 Å². The van der Waals surface area contributed by atoms with E-state index < -0.39 is 6.35 Å². The zero-order chi connectivity index (χ0) is 20.9. The molecule has 10 heteroatoms. The van der Waals surface area contributed by atoms with Gasteiger partial charge in [0.05, 0.1) is 17.5 Å². The van der Waals surface area contributed by atoms with Crippen molar-refractivity contribution in [2.45, 2.75) is 44.1 Å². The molecular weight excluding hydrogens is 382 g/mol. The van der Waals surface area contributed by atoms with Crippen LogP contribution in [0.15, 0.2) is 42.7 Å². The number of H-pyrrole nitrogens is 1. The second kappa shape index (κ2) is 8.97. The average molecular weight is 409 g/mol. The van der Waals surface area contributed by atoms with Crippen LogP contribution in [-0.2, 0) is 0 Å². The van der Waals surface area contributed by atoms with E-state index in [9.17, 15) is 5.11 Å². The topological polar surface area (TPSA) is 163 Å². The number of hydrogen-bond acceptors (Lipinski definition) is 9. The number of aromatic nitrogens is 4. The lowest BCUT2D eigenvalue weighted by Gasteiger charge is -2.31. The maximum Gasteiger partial charge on any atom is 0.223 e. The van der Waals surface area contributed by atoms with Crippen LogP contribution in [0.5, 0.6) is 0 Å². The molecule has 2 aromatic heterocycles. The minimum Gasteiger partial charge on any atom is -0.399 e. The number of nitrogens with zero attached hydrogens (tertiary/aromatic N) is 3. The van der Waals surface area contributed by atoms with Gasteiger partial charge in [-0.2, -0.15) is 5.10 Å². The first-order valence-electron chi connectivity index (χ1n) is 10.0. The van der Waals surface area contributed by atoms with Crippen molar-refractivity contribution in [3.63, 3.8) is 0 Å². The normalized spacial score (nSPS) is 19.9. The number of aliphatic hydroxyl groups is 1. The maximum absolute atomic E-state index is 10.3. The van der Waals surface area contributed by atoms with Crippen molar-refractivity contribution < 1.29 is 5.11 Å². The molecular formula is C20H27N9O. The Kier molecular flexibility index (Phi) is 5.96. The molecule has 4 rings (SSSR count). The SMILES string of the molecule is Nc1cccc(NC(O)NC2CCC(Nc3nccc(-c4cn[nH]c4N)n3)CC2)c1. The molecule has 0 bridgehead atoms. The molecule has 1 aliphatic carbocycles. The number of nitrogens with one attached hydrogen (secondary N) is 4. The van der Waals surface area contributed by atoms with Crippen molar-refractivity contribution in [2.75, 3.05) is 22.1 Å². The highest BCUT2D eigenvalue weighted by molar-refractivity contribution is 5.70. The number of rotatable bonds is 7. The van der Waals surface area contributed by atoms with Crippen LogP contribution < -0.4 is 27.4 Å². The molecule has 1 fully saturated rings. The third kappa shape index (κ3) is 4.97. The van der Waals surface area contributed by atoms with Crippen molar-refractivity contribution >= 4 is 23.1 Å². The number of aromatic amines is 1. The molecule has 0 spiro atoms. The predicted octanol–water partition coefficient (Wildman–Crippen LogP) is 1.73. The highest BCUT2D eigenvalue weighted by Gasteiger charge is 2.23. The van der Waals surface area contributed by atoms with Crippen LogP contribution in [-0.4, -0.2) is 43.7 Å². The third-order valence-corrected chi connectivity index (χ3v) is 5.24. The smallest absolute Gasteiger partial charge is 0.223 e. The van der Waals surface area contributed by atoms with Crippen molar-refractivity contribution in [2.24, 2.45) is 0 Å². The van der Waals surface area contributed by atoms with Gasteiger partial charge in [-0.15, -0.1) is 0 Å². The molecule has 3 aromatic rings. The van der Waals surface area contributed by atoms with Gasteiger partial charge in [0, 0.05) is 29.7 Å². The van der Waals surface area contributed by atoms with Crippen LogP contribution in [0.4, 0.5) is 23.1 Å². The Morgan fingerprint density at radius 3 is 2.63 bits per heavy atom. The summed E-state index contributed by atoms with van der Waals surface area (Å²) in [5.74, 6) is 1.06. The fraction of sp³-hybridized carbons (Fsp3) is 0.350. The lowest BCUT2D eigenvalue weighted by atomic mass is 9.91. The number of nitrogen functional groups attached to an aromatic ring is 2. The summed E-state index contributed by atoms with van der Waals surface area (Å²) in [6.07, 6.45) is 6.29. The molecule has 9 N–H and O–H groups in total. The standard InChI is InChI=1S/C20H27N9O/c21-12-2-1-3-15(10-12)27-20(30)26-14-6-4-13(5-7-14)25-19-23-9-8-17(28-19)16-11-24-29-18(16)22/h1-3,8-11,13-14,20,26-27,30H,4-7,21H2,(H3,22,24,29)(H,23,25,28). The Bertz CT molecular complexity index is 968. The summed E-state index contributed by atoms with van der Waals surface area (Å²) in [7, 11) is 0. The Labute approximate surface area is 174 Å². The molecule has 158 valence electrons. The summed E-state index contributed by atoms with van der Waals surface area (Å²) >= 11 is 0. The van der Waals surface area contributed by atoms with E-state index >= 15 is 0 Å². The fourth-order valence-corrected chi connectivity index (χ4v) is 3.72. The van der Waals surface area contributed by atoms with E-state index in [2.05, 4.69) is 36.1 Å². The van der Waals surface area contributed by atoms with Gasteiger partial charge in [0.1, 0.15) is 5.82 Å². The number of aliphatic hydroxyl groups excluding tert-OH is 1. The fourth-order valence-electron chi connectivity index (χ4n) is 3.72. The lowest BCUT2D eigenvalue weighted by molar-refractivity contribution is 0.137. The Hall–Kier alpha value is -3.37. The minimum atomic E-state index is -0.832. The highest BCUT2D eigenvalue weighted by atomic mass is 16.3. The quantitative estimate of drug-likeness (QED) is 0.227. The zero-order valence-electron chi connectivity index (χ0n) is 16.5. The van der Waals surface area contributed by atoms with E-state index in [1.807, 2.05) is 24.3 Å². The Morgan fingerprint density at radius 1 is 1.10 bits per heavy atom. The summed E-state index contributed by atoms with van der Waals surface area (Å²) in [6.45, 7) is 0. The van der Waals surface area contributed by atoms with Gasteiger partial charge in [-0.1, -0.05) is 6.07 Å². The zero-order valence-corrected chi connectivity index (χ0v) is 16.5. The molecule has 1 unspecified atom stereocenters. The van der Waals surface area contributed by atoms with Gasteiger partial charge in [0.15, 0.2) is 6.35 Å². The molecule has 1 aromatic carbocycles. The summed E-state index contributed by atoms with van der Waals surface area (Å²) in [5, 5.41) is 26.6. The summed E-state index contributed by atoms with van der Waals surface area (Å²) in [6, 6.07) is 9.62. The van der Waals surface area contributed by atoms with Gasteiger partial charge in [-0.3, -0.25) is 10.4 Å². The second-order valence-electron chi connectivity index (χ2n) is 7.49. The van der Waals surface area contributed by atoms with Crippen molar-refractivity contribution in [3.8, 4) is 11.3 Å². The molecule has 30 heavy (non-hydrogen) atoms. The van der Waals surface area contributed by atoms with Crippen LogP contribution in [0.3, 0.4) is 0 Å². The van der Waals surface area contributed by atoms with E-state index in [0.29, 0.717) is 17.5 Å². The second-order valence-corrected chi connectivity index (χ2v) is 7.49. The van der Waals surface area contributed by atoms with E-state index in [-0.39, 0.29) is 12.1 Å². The average Bonchev–Trinajstić information content (AvgIpc) is 3.16. The Balaban J connectivity index is 1.26. The summed E-state index contributed by atoms with van der Waals surface area (Å²) in [4.78, 5) is 8.88. The van der Waals surface area contributed by atoms with Crippen LogP contribution >= 0.6 is 0 Å². The Morgan fingerprint density at radius 2 is 1.90 bits per heavy atom. The van der Waals surface area contributed by atoms with Crippen molar-refractivity contribution in [1.82, 2.24) is 25.5 Å². The number of nitrogens with two attached hydrogens (primary N) is 2. The summed E-state index contributed by atoms with van der Waals surface area (Å²) in [5.41, 5.74) is 14.6. The van der Waals surface area contributed by atoms with Crippen molar-refractivity contribution in [1.29, 1.82) is 0 Å². The van der Waals surface area contributed by atoms with E-state index in [0.717, 1.165) is 42.6 Å². The molecule has 2 heterocycles. The van der Waals surface area contributed by atoms with Gasteiger partial charge in [-0.05, 0) is 49.9 Å². The van der Waals surface area contributed by atoms with E-state index in [1.165, 1.54) is 0 Å².